The zero-order valence-electron chi connectivity index (χ0n) is 10.1. The van der Waals surface area contributed by atoms with Crippen LogP contribution in [-0.2, 0) is 9.59 Å². The lowest BCUT2D eigenvalue weighted by atomic mass is 9.91. The minimum absolute atomic E-state index is 0.228. The van der Waals surface area contributed by atoms with Crippen molar-refractivity contribution in [1.82, 2.24) is 4.90 Å². The van der Waals surface area contributed by atoms with Crippen LogP contribution < -0.4 is 0 Å². The number of hydrogen-bond donors (Lipinski definition) is 2. The van der Waals surface area contributed by atoms with Gasteiger partial charge in [0.15, 0.2) is 0 Å². The highest BCUT2D eigenvalue weighted by molar-refractivity contribution is 6.04. The average molecular weight is 241 g/mol. The molecule has 0 bridgehead atoms. The first kappa shape index (κ1) is 12.4. The van der Waals surface area contributed by atoms with E-state index >= 15 is 0 Å². The molecule has 2 fully saturated rings. The van der Waals surface area contributed by atoms with Crippen LogP contribution in [0.5, 0.6) is 0 Å². The largest absolute Gasteiger partial charge is 0.480 e. The number of aliphatic carboxylic acids is 1. The molecule has 0 radical (unpaired) electrons. The van der Waals surface area contributed by atoms with Crippen molar-refractivity contribution in [3.63, 3.8) is 0 Å². The topological polar surface area (TPSA) is 77.8 Å². The van der Waals surface area contributed by atoms with Crippen LogP contribution in [0.1, 0.15) is 32.6 Å². The molecule has 5 heteroatoms. The summed E-state index contributed by atoms with van der Waals surface area (Å²) in [5.74, 6) is -0.978. The lowest BCUT2D eigenvalue weighted by molar-refractivity contribution is -0.154. The van der Waals surface area contributed by atoms with Crippen LogP contribution in [0, 0.1) is 11.3 Å². The van der Waals surface area contributed by atoms with Crippen molar-refractivity contribution in [1.29, 1.82) is 0 Å². The highest BCUT2D eigenvalue weighted by atomic mass is 16.4. The van der Waals surface area contributed by atoms with Gasteiger partial charge < -0.3 is 15.1 Å². The monoisotopic (exact) mass is 241 g/mol. The molecule has 1 aliphatic carbocycles. The fourth-order valence-corrected chi connectivity index (χ4v) is 2.53. The molecule has 1 aliphatic heterocycles. The molecule has 1 amide bonds. The molecule has 17 heavy (non-hydrogen) atoms. The van der Waals surface area contributed by atoms with Gasteiger partial charge in [-0.1, -0.05) is 0 Å². The van der Waals surface area contributed by atoms with E-state index in [0.29, 0.717) is 25.9 Å². The van der Waals surface area contributed by atoms with Crippen molar-refractivity contribution in [3.8, 4) is 0 Å². The molecule has 2 N–H and O–H groups in total. The van der Waals surface area contributed by atoms with Crippen LogP contribution in [0.4, 0.5) is 0 Å². The first-order chi connectivity index (χ1) is 7.97. The fourth-order valence-electron chi connectivity index (χ4n) is 2.53. The summed E-state index contributed by atoms with van der Waals surface area (Å²) in [5.41, 5.74) is -1.11. The Morgan fingerprint density at radius 1 is 1.29 bits per heavy atom. The number of amides is 1. The van der Waals surface area contributed by atoms with E-state index in [2.05, 4.69) is 0 Å². The van der Waals surface area contributed by atoms with Crippen LogP contribution in [0.25, 0.3) is 0 Å². The van der Waals surface area contributed by atoms with Crippen LogP contribution in [-0.4, -0.2) is 46.2 Å². The van der Waals surface area contributed by atoms with Crippen molar-refractivity contribution >= 4 is 11.9 Å². The Kier molecular flexibility index (Phi) is 3.12. The first-order valence-corrected chi connectivity index (χ1v) is 6.18. The van der Waals surface area contributed by atoms with E-state index in [0.717, 1.165) is 12.8 Å². The maximum absolute atomic E-state index is 12.1. The zero-order valence-corrected chi connectivity index (χ0v) is 10.1. The average Bonchev–Trinajstić information content (AvgIpc) is 3.09. The quantitative estimate of drug-likeness (QED) is 0.704. The van der Waals surface area contributed by atoms with E-state index in [1.54, 1.807) is 11.8 Å². The van der Waals surface area contributed by atoms with Gasteiger partial charge in [-0.05, 0) is 38.5 Å². The van der Waals surface area contributed by atoms with E-state index in [4.69, 9.17) is 5.11 Å². The molecule has 0 aromatic carbocycles. The minimum atomic E-state index is -1.11. The maximum atomic E-state index is 12.1. The second kappa shape index (κ2) is 4.29. The summed E-state index contributed by atoms with van der Waals surface area (Å²) in [6.45, 7) is 2.91. The van der Waals surface area contributed by atoms with Crippen LogP contribution in [0.2, 0.25) is 0 Å². The van der Waals surface area contributed by atoms with Gasteiger partial charge in [0.1, 0.15) is 5.41 Å². The number of piperidine rings is 1. The van der Waals surface area contributed by atoms with Gasteiger partial charge in [0.25, 0.3) is 0 Å². The minimum Gasteiger partial charge on any atom is -0.480 e. The Balaban J connectivity index is 1.93. The maximum Gasteiger partial charge on any atom is 0.319 e. The molecule has 1 unspecified atom stereocenters. The molecular formula is C12H19NO4. The molecular weight excluding hydrogens is 222 g/mol. The number of hydrogen-bond acceptors (Lipinski definition) is 3. The third kappa shape index (κ3) is 2.16. The van der Waals surface area contributed by atoms with Crippen LogP contribution in [0.15, 0.2) is 0 Å². The van der Waals surface area contributed by atoms with Gasteiger partial charge in [0.05, 0.1) is 6.10 Å². The molecule has 96 valence electrons. The molecule has 0 spiro atoms. The molecule has 0 aromatic heterocycles. The van der Waals surface area contributed by atoms with Crippen molar-refractivity contribution in [2.45, 2.75) is 38.7 Å². The van der Waals surface area contributed by atoms with Crippen LogP contribution >= 0.6 is 0 Å². The fraction of sp³-hybridized carbons (Fsp3) is 0.833. The van der Waals surface area contributed by atoms with E-state index in [9.17, 15) is 14.7 Å². The molecule has 2 rings (SSSR count). The second-order valence-electron chi connectivity index (χ2n) is 5.26. The number of carboxylic acids is 1. The highest BCUT2D eigenvalue weighted by Gasteiger charge is 2.58. The summed E-state index contributed by atoms with van der Waals surface area (Å²) >= 11 is 0. The van der Waals surface area contributed by atoms with Crippen molar-refractivity contribution in [2.24, 2.45) is 11.3 Å². The summed E-state index contributed by atoms with van der Waals surface area (Å²) in [7, 11) is 0. The number of likely N-dealkylation sites (tertiary alicyclic amines) is 1. The van der Waals surface area contributed by atoms with E-state index < -0.39 is 11.4 Å². The van der Waals surface area contributed by atoms with Gasteiger partial charge in [-0.2, -0.15) is 0 Å². The van der Waals surface area contributed by atoms with E-state index in [1.165, 1.54) is 0 Å². The van der Waals surface area contributed by atoms with Crippen LogP contribution in [0.3, 0.4) is 0 Å². The number of aliphatic hydroxyl groups is 1. The van der Waals surface area contributed by atoms with Gasteiger partial charge in [0.2, 0.25) is 5.91 Å². The Bertz CT molecular complexity index is 327. The Hall–Kier alpha value is -1.10. The molecule has 5 nitrogen and oxygen atoms in total. The SMILES string of the molecule is CC(O)C1CCN(C(=O)C2(C(=O)O)CC2)CC1. The molecule has 1 saturated heterocycles. The normalized spacial score (nSPS) is 25.4. The lowest BCUT2D eigenvalue weighted by Gasteiger charge is -2.34. The van der Waals surface area contributed by atoms with E-state index in [-0.39, 0.29) is 17.9 Å². The van der Waals surface area contributed by atoms with Gasteiger partial charge in [-0.3, -0.25) is 9.59 Å². The summed E-state index contributed by atoms with van der Waals surface area (Å²) in [6.07, 6.45) is 2.12. The highest BCUT2D eigenvalue weighted by Crippen LogP contribution is 2.47. The van der Waals surface area contributed by atoms with E-state index in [1.807, 2.05) is 0 Å². The predicted molar refractivity (Wildman–Crippen MR) is 60.3 cm³/mol. The third-order valence-corrected chi connectivity index (χ3v) is 4.08. The summed E-state index contributed by atoms with van der Waals surface area (Å²) in [5, 5.41) is 18.5. The molecule has 0 aromatic rings. The molecule has 1 atom stereocenters. The molecule has 1 saturated carbocycles. The number of rotatable bonds is 3. The molecule has 1 heterocycles. The smallest absolute Gasteiger partial charge is 0.319 e. The number of carbonyl (C=O) groups excluding carboxylic acids is 1. The third-order valence-electron chi connectivity index (χ3n) is 4.08. The molecule has 2 aliphatic rings. The first-order valence-electron chi connectivity index (χ1n) is 6.18. The summed E-state index contributed by atoms with van der Waals surface area (Å²) < 4.78 is 0. The van der Waals surface area contributed by atoms with Crippen molar-refractivity contribution in [3.05, 3.63) is 0 Å². The van der Waals surface area contributed by atoms with Crippen molar-refractivity contribution in [2.75, 3.05) is 13.1 Å². The summed E-state index contributed by atoms with van der Waals surface area (Å²) in [6, 6.07) is 0. The predicted octanol–water partition coefficient (Wildman–Crippen LogP) is 0.471. The second-order valence-corrected chi connectivity index (χ2v) is 5.26. The van der Waals surface area contributed by atoms with Gasteiger partial charge in [-0.25, -0.2) is 0 Å². The summed E-state index contributed by atoms with van der Waals surface area (Å²) in [4.78, 5) is 24.8. The van der Waals surface area contributed by atoms with Gasteiger partial charge in [-0.15, -0.1) is 0 Å². The zero-order chi connectivity index (χ0) is 12.6. The number of aliphatic hydroxyl groups excluding tert-OH is 1. The Morgan fingerprint density at radius 3 is 2.18 bits per heavy atom. The number of carbonyl (C=O) groups is 2. The van der Waals surface area contributed by atoms with Gasteiger partial charge >= 0.3 is 5.97 Å². The van der Waals surface area contributed by atoms with Gasteiger partial charge in [0, 0.05) is 13.1 Å². The number of nitrogens with zero attached hydrogens (tertiary/aromatic N) is 1. The van der Waals surface area contributed by atoms with Crippen molar-refractivity contribution < 1.29 is 19.8 Å². The standard InChI is InChI=1S/C12H19NO4/c1-8(14)9-2-6-13(7-3-9)10(15)12(4-5-12)11(16)17/h8-9,14H,2-7H2,1H3,(H,16,17). The Morgan fingerprint density at radius 2 is 1.82 bits per heavy atom. The number of carboxylic acid groups (broad SMARTS) is 1. The lowest BCUT2D eigenvalue weighted by Crippen LogP contribution is -2.46. The Labute approximate surface area is 100 Å².